The Balaban J connectivity index is 0.000000424. The molecular weight excluding hydrogens is 168 g/mol. The molecule has 0 saturated heterocycles. The first-order chi connectivity index (χ1) is 6.11. The number of aryl methyl sites for hydroxylation is 1. The lowest BCUT2D eigenvalue weighted by molar-refractivity contribution is -0.191. The van der Waals surface area contributed by atoms with Gasteiger partial charge < -0.3 is 0 Å². The molecule has 0 aliphatic heterocycles. The number of carbonyl (C=O) groups excluding carboxylic acids is 3. The fourth-order valence-corrected chi connectivity index (χ4v) is 0.788. The Kier molecular flexibility index (Phi) is 5.08. The largest absolute Gasteiger partial charge is 0.373 e. The molecule has 0 heterocycles. The molecule has 68 valence electrons. The first-order valence-electron chi connectivity index (χ1n) is 3.68. The van der Waals surface area contributed by atoms with E-state index in [2.05, 4.69) is 0 Å². The van der Waals surface area contributed by atoms with Crippen LogP contribution in [0.25, 0.3) is 0 Å². The van der Waals surface area contributed by atoms with Crippen molar-refractivity contribution in [3.05, 3.63) is 35.4 Å². The Morgan fingerprint density at radius 3 is 1.85 bits per heavy atom. The summed E-state index contributed by atoms with van der Waals surface area (Å²) in [5, 5.41) is 0. The fraction of sp³-hybridized carbons (Fsp3) is 0.200. The lowest BCUT2D eigenvalue weighted by atomic mass is 10.1. The van der Waals surface area contributed by atoms with Gasteiger partial charge in [-0.3, -0.25) is 4.79 Å². The van der Waals surface area contributed by atoms with Crippen LogP contribution in [0.4, 0.5) is 0 Å². The van der Waals surface area contributed by atoms with Gasteiger partial charge >= 0.3 is 6.15 Å². The normalized spacial score (nSPS) is 7.85. The number of Topliss-reactive ketones (excluding diaryl/α,β-unsaturated/α-hetero) is 1. The van der Waals surface area contributed by atoms with Crippen molar-refractivity contribution >= 4 is 11.9 Å². The lowest BCUT2D eigenvalue weighted by Gasteiger charge is -1.93. The maximum absolute atomic E-state index is 10.8. The van der Waals surface area contributed by atoms with Gasteiger partial charge in [-0.05, 0) is 13.8 Å². The molecule has 0 atom stereocenters. The van der Waals surface area contributed by atoms with Crippen LogP contribution < -0.4 is 0 Å². The zero-order chi connectivity index (χ0) is 10.3. The van der Waals surface area contributed by atoms with Crippen LogP contribution in [0, 0.1) is 6.92 Å². The van der Waals surface area contributed by atoms with E-state index in [1.807, 2.05) is 31.2 Å². The van der Waals surface area contributed by atoms with E-state index in [9.17, 15) is 4.79 Å². The highest BCUT2D eigenvalue weighted by molar-refractivity contribution is 5.93. The number of benzene rings is 1. The van der Waals surface area contributed by atoms with Crippen LogP contribution in [-0.2, 0) is 9.59 Å². The minimum Gasteiger partial charge on any atom is -0.295 e. The standard InChI is InChI=1S/C9H10O.CO2/c1-7-3-5-9(6-4-7)8(2)10;2-1-3/h3-6H,1-2H3;. The van der Waals surface area contributed by atoms with E-state index < -0.39 is 0 Å². The molecule has 3 heteroatoms. The second kappa shape index (κ2) is 5.86. The number of rotatable bonds is 1. The van der Waals surface area contributed by atoms with Gasteiger partial charge in [0.1, 0.15) is 0 Å². The summed E-state index contributed by atoms with van der Waals surface area (Å²) in [5.41, 5.74) is 1.97. The molecule has 0 aromatic heterocycles. The Bertz CT molecular complexity index is 305. The molecule has 0 unspecified atom stereocenters. The zero-order valence-electron chi connectivity index (χ0n) is 7.53. The molecule has 0 aliphatic carbocycles. The first kappa shape index (κ1) is 11.3. The van der Waals surface area contributed by atoms with Crippen molar-refractivity contribution < 1.29 is 14.4 Å². The average Bonchev–Trinajstić information content (AvgIpc) is 2.06. The number of hydrogen-bond acceptors (Lipinski definition) is 3. The van der Waals surface area contributed by atoms with Crippen molar-refractivity contribution in [1.82, 2.24) is 0 Å². The van der Waals surface area contributed by atoms with E-state index in [1.165, 1.54) is 5.56 Å². The maximum Gasteiger partial charge on any atom is 0.373 e. The summed E-state index contributed by atoms with van der Waals surface area (Å²) in [6.07, 6.45) is 0.250. The van der Waals surface area contributed by atoms with Gasteiger partial charge in [0.25, 0.3) is 0 Å². The third kappa shape index (κ3) is 4.67. The summed E-state index contributed by atoms with van der Waals surface area (Å²) in [4.78, 5) is 27.0. The Morgan fingerprint density at radius 2 is 1.54 bits per heavy atom. The summed E-state index contributed by atoms with van der Waals surface area (Å²) in [5.74, 6) is 0.125. The molecule has 1 aromatic rings. The van der Waals surface area contributed by atoms with E-state index in [0.717, 1.165) is 5.56 Å². The Morgan fingerprint density at radius 1 is 1.15 bits per heavy atom. The van der Waals surface area contributed by atoms with Gasteiger partial charge in [0, 0.05) is 5.56 Å². The van der Waals surface area contributed by atoms with E-state index in [-0.39, 0.29) is 11.9 Å². The van der Waals surface area contributed by atoms with Crippen LogP contribution in [-0.4, -0.2) is 11.9 Å². The molecular formula is C10H10O3. The summed E-state index contributed by atoms with van der Waals surface area (Å²) in [6.45, 7) is 3.58. The molecule has 0 amide bonds. The molecule has 0 radical (unpaired) electrons. The molecule has 1 aromatic carbocycles. The van der Waals surface area contributed by atoms with E-state index in [0.29, 0.717) is 0 Å². The van der Waals surface area contributed by atoms with Crippen molar-refractivity contribution in [3.8, 4) is 0 Å². The highest BCUT2D eigenvalue weighted by atomic mass is 16.2. The van der Waals surface area contributed by atoms with E-state index in [4.69, 9.17) is 9.59 Å². The molecule has 0 aliphatic rings. The SMILES string of the molecule is CC(=O)c1ccc(C)cc1.O=C=O. The number of ketones is 1. The van der Waals surface area contributed by atoms with Gasteiger partial charge in [0.05, 0.1) is 0 Å². The molecule has 0 N–H and O–H groups in total. The van der Waals surface area contributed by atoms with Gasteiger partial charge in [-0.15, -0.1) is 0 Å². The quantitative estimate of drug-likeness (QED) is 0.614. The summed E-state index contributed by atoms with van der Waals surface area (Å²) >= 11 is 0. The van der Waals surface area contributed by atoms with Crippen LogP contribution in [0.1, 0.15) is 22.8 Å². The second-order valence-electron chi connectivity index (χ2n) is 2.51. The topological polar surface area (TPSA) is 51.2 Å². The average molecular weight is 178 g/mol. The van der Waals surface area contributed by atoms with Crippen LogP contribution in [0.3, 0.4) is 0 Å². The van der Waals surface area contributed by atoms with Crippen molar-refractivity contribution in [2.45, 2.75) is 13.8 Å². The number of hydrogen-bond donors (Lipinski definition) is 0. The minimum absolute atomic E-state index is 0.125. The van der Waals surface area contributed by atoms with Crippen molar-refractivity contribution in [1.29, 1.82) is 0 Å². The van der Waals surface area contributed by atoms with Crippen LogP contribution >= 0.6 is 0 Å². The smallest absolute Gasteiger partial charge is 0.295 e. The summed E-state index contributed by atoms with van der Waals surface area (Å²) < 4.78 is 0. The predicted molar refractivity (Wildman–Crippen MR) is 46.2 cm³/mol. The van der Waals surface area contributed by atoms with Crippen molar-refractivity contribution in [2.24, 2.45) is 0 Å². The molecule has 1 rings (SSSR count). The third-order valence-corrected chi connectivity index (χ3v) is 1.46. The van der Waals surface area contributed by atoms with Crippen LogP contribution in [0.15, 0.2) is 24.3 Å². The molecule has 13 heavy (non-hydrogen) atoms. The van der Waals surface area contributed by atoms with Gasteiger partial charge in [0.15, 0.2) is 5.78 Å². The van der Waals surface area contributed by atoms with Crippen LogP contribution in [0.5, 0.6) is 0 Å². The molecule has 0 fully saturated rings. The lowest BCUT2D eigenvalue weighted by Crippen LogP contribution is -1.90. The summed E-state index contributed by atoms with van der Waals surface area (Å²) in [7, 11) is 0. The van der Waals surface area contributed by atoms with Gasteiger partial charge in [0.2, 0.25) is 0 Å². The molecule has 3 nitrogen and oxygen atoms in total. The highest BCUT2D eigenvalue weighted by Gasteiger charge is 1.95. The van der Waals surface area contributed by atoms with Crippen molar-refractivity contribution in [2.75, 3.05) is 0 Å². The monoisotopic (exact) mass is 178 g/mol. The van der Waals surface area contributed by atoms with Gasteiger partial charge in [-0.1, -0.05) is 29.8 Å². The third-order valence-electron chi connectivity index (χ3n) is 1.46. The van der Waals surface area contributed by atoms with Gasteiger partial charge in [-0.2, -0.15) is 9.59 Å². The minimum atomic E-state index is 0.125. The van der Waals surface area contributed by atoms with Crippen LogP contribution in [0.2, 0.25) is 0 Å². The highest BCUT2D eigenvalue weighted by Crippen LogP contribution is 2.02. The second-order valence-corrected chi connectivity index (χ2v) is 2.51. The number of carbonyl (C=O) groups is 1. The predicted octanol–water partition coefficient (Wildman–Crippen LogP) is 1.61. The van der Waals surface area contributed by atoms with Crippen molar-refractivity contribution in [3.63, 3.8) is 0 Å². The molecule has 0 spiro atoms. The molecule has 0 saturated carbocycles. The Hall–Kier alpha value is -1.73. The maximum atomic E-state index is 10.8. The van der Waals surface area contributed by atoms with Gasteiger partial charge in [-0.25, -0.2) is 0 Å². The first-order valence-corrected chi connectivity index (χ1v) is 3.68. The molecule has 0 bridgehead atoms. The summed E-state index contributed by atoms with van der Waals surface area (Å²) in [6, 6.07) is 7.57. The Labute approximate surface area is 76.4 Å². The van der Waals surface area contributed by atoms with E-state index in [1.54, 1.807) is 6.92 Å². The van der Waals surface area contributed by atoms with E-state index >= 15 is 0 Å². The fourth-order valence-electron chi connectivity index (χ4n) is 0.788. The zero-order valence-corrected chi connectivity index (χ0v) is 7.53.